The number of nitrogens with zero attached hydrogens (tertiary/aromatic N) is 1. The van der Waals surface area contributed by atoms with Gasteiger partial charge in [-0.3, -0.25) is 19.2 Å². The molecular formula is C29H33N5O9S. The van der Waals surface area contributed by atoms with E-state index in [4.69, 9.17) is 4.74 Å². The number of phenols is 1. The summed E-state index contributed by atoms with van der Waals surface area (Å²) < 4.78 is 4.37. The zero-order valence-electron chi connectivity index (χ0n) is 24.1. The van der Waals surface area contributed by atoms with Gasteiger partial charge < -0.3 is 41.1 Å². The van der Waals surface area contributed by atoms with Gasteiger partial charge in [0, 0.05) is 11.8 Å². The molecule has 234 valence electrons. The molecule has 2 saturated heterocycles. The fourth-order valence-corrected chi connectivity index (χ4v) is 6.62. The summed E-state index contributed by atoms with van der Waals surface area (Å²) in [4.78, 5) is 77.8. The maximum atomic E-state index is 13.6. The van der Waals surface area contributed by atoms with Crippen molar-refractivity contribution < 1.29 is 43.7 Å². The van der Waals surface area contributed by atoms with Gasteiger partial charge in [-0.1, -0.05) is 42.5 Å². The predicted octanol–water partition coefficient (Wildman–Crippen LogP) is 0.612. The Bertz CT molecular complexity index is 1440. The molecule has 0 saturated carbocycles. The second-order valence-corrected chi connectivity index (χ2v) is 12.5. The highest BCUT2D eigenvalue weighted by molar-refractivity contribution is 8.01. The molecule has 0 bridgehead atoms. The minimum absolute atomic E-state index is 0.0926. The summed E-state index contributed by atoms with van der Waals surface area (Å²) in [7, 11) is 1.36. The van der Waals surface area contributed by atoms with Crippen LogP contribution in [0, 0.1) is 0 Å². The van der Waals surface area contributed by atoms with Crippen LogP contribution < -0.4 is 21.3 Å². The molecule has 14 nitrogen and oxygen atoms in total. The molecule has 5 atom stereocenters. The van der Waals surface area contributed by atoms with Gasteiger partial charge in [-0.2, -0.15) is 0 Å². The summed E-state index contributed by atoms with van der Waals surface area (Å²) in [5.41, 5.74) is 0.923. The predicted molar refractivity (Wildman–Crippen MR) is 157 cm³/mol. The number of β-lactam (4-membered cyclic amide) rings is 1. The molecule has 0 spiro atoms. The third-order valence-electron chi connectivity index (χ3n) is 7.24. The minimum Gasteiger partial charge on any atom is -0.508 e. The first kappa shape index (κ1) is 32.1. The zero-order valence-corrected chi connectivity index (χ0v) is 24.9. The molecule has 0 aliphatic carbocycles. The van der Waals surface area contributed by atoms with Gasteiger partial charge in [-0.25, -0.2) is 9.59 Å². The van der Waals surface area contributed by atoms with Gasteiger partial charge >= 0.3 is 12.1 Å². The van der Waals surface area contributed by atoms with Crippen LogP contribution in [-0.4, -0.2) is 86.1 Å². The first-order chi connectivity index (χ1) is 20.8. The van der Waals surface area contributed by atoms with Gasteiger partial charge in [0.2, 0.25) is 23.6 Å². The maximum absolute atomic E-state index is 13.6. The van der Waals surface area contributed by atoms with Gasteiger partial charge in [-0.15, -0.1) is 11.8 Å². The monoisotopic (exact) mass is 627 g/mol. The van der Waals surface area contributed by atoms with Crippen molar-refractivity contribution in [2.24, 2.45) is 0 Å². The molecule has 15 heteroatoms. The molecule has 44 heavy (non-hydrogen) atoms. The number of alkyl carbamates (subject to hydrolysis) is 1. The molecule has 2 aliphatic rings. The Hall–Kier alpha value is -4.79. The summed E-state index contributed by atoms with van der Waals surface area (Å²) in [5, 5.41) is 28.7. The second kappa shape index (κ2) is 13.2. The van der Waals surface area contributed by atoms with Crippen LogP contribution >= 0.6 is 11.8 Å². The molecule has 0 aromatic heterocycles. The van der Waals surface area contributed by atoms with Crippen LogP contribution in [0.1, 0.15) is 37.4 Å². The summed E-state index contributed by atoms with van der Waals surface area (Å²) >= 11 is 1.24. The number of hydrogen-bond acceptors (Lipinski definition) is 9. The van der Waals surface area contributed by atoms with Gasteiger partial charge in [0.15, 0.2) is 0 Å². The Balaban J connectivity index is 1.50. The van der Waals surface area contributed by atoms with Gasteiger partial charge in [0.1, 0.15) is 41.9 Å². The number of thioether (sulfide) groups is 1. The molecule has 2 fully saturated rings. The van der Waals surface area contributed by atoms with Crippen LogP contribution in [0.4, 0.5) is 4.79 Å². The van der Waals surface area contributed by atoms with Crippen LogP contribution in [0.3, 0.4) is 0 Å². The van der Waals surface area contributed by atoms with Crippen LogP contribution in [-0.2, 0) is 35.3 Å². The number of nitrogens with one attached hydrogen (secondary N) is 4. The number of ether oxygens (including phenoxy) is 1. The number of carbonyl (C=O) groups excluding carboxylic acids is 5. The third kappa shape index (κ3) is 7.05. The molecule has 0 radical (unpaired) electrons. The number of fused-ring (bicyclic) bond motifs is 1. The number of benzene rings is 2. The molecule has 6 N–H and O–H groups in total. The molecule has 4 rings (SSSR count). The highest BCUT2D eigenvalue weighted by atomic mass is 32.2. The van der Waals surface area contributed by atoms with Crippen molar-refractivity contribution in [1.82, 2.24) is 26.2 Å². The first-order valence-electron chi connectivity index (χ1n) is 13.6. The van der Waals surface area contributed by atoms with E-state index in [0.29, 0.717) is 5.56 Å². The van der Waals surface area contributed by atoms with Crippen LogP contribution in [0.15, 0.2) is 54.6 Å². The molecule has 2 unspecified atom stereocenters. The minimum atomic E-state index is -1.45. The molecule has 2 aliphatic heterocycles. The Kier molecular flexibility index (Phi) is 9.67. The zero-order chi connectivity index (χ0) is 32.2. The van der Waals surface area contributed by atoms with E-state index in [0.717, 1.165) is 0 Å². The number of rotatable bonds is 11. The van der Waals surface area contributed by atoms with E-state index in [1.54, 1.807) is 44.2 Å². The molecule has 2 aromatic carbocycles. The average molecular weight is 628 g/mol. The highest BCUT2D eigenvalue weighted by Gasteiger charge is 2.64. The molecule has 5 amide bonds. The molecule has 2 heterocycles. The smallest absolute Gasteiger partial charge is 0.408 e. The summed E-state index contributed by atoms with van der Waals surface area (Å²) in [6, 6.07) is 9.16. The Labute approximate surface area is 256 Å². The van der Waals surface area contributed by atoms with Crippen molar-refractivity contribution >= 4 is 47.5 Å². The maximum Gasteiger partial charge on any atom is 0.408 e. The van der Waals surface area contributed by atoms with E-state index < -0.39 is 76.4 Å². The first-order valence-corrected chi connectivity index (χ1v) is 14.5. The number of carbonyl (C=O) groups is 6. The molecule has 2 aromatic rings. The van der Waals surface area contributed by atoms with Crippen LogP contribution in [0.5, 0.6) is 5.75 Å². The fraction of sp³-hybridized carbons (Fsp3) is 0.379. The summed E-state index contributed by atoms with van der Waals surface area (Å²) in [5.74, 6) is -4.12. The number of carboxylic acid groups (broad SMARTS) is 1. The fourth-order valence-electron chi connectivity index (χ4n) is 5.00. The standard InChI is InChI=1S/C29H33N5O9S/c1-29(2)22(27(40)41)34-25(39)21(26(34)44-29)33-24(38)20(16-9-11-17(35)12-10-16)32-23(37)18(13-19(36)30-3)31-28(42)43-14-15-7-5-4-6-8-15/h4-12,18,20-22,26,35H,13-14H2,1-3H3,(H,30,36)(H,31,42)(H,32,37)(H,33,38)(H,40,41)/t18?,20?,21-,22+,26-/m1/s1. The van der Waals surface area contributed by atoms with E-state index in [-0.39, 0.29) is 17.9 Å². The lowest BCUT2D eigenvalue weighted by molar-refractivity contribution is -0.161. The summed E-state index contributed by atoms with van der Waals surface area (Å²) in [6.07, 6.45) is -1.45. The lowest BCUT2D eigenvalue weighted by Gasteiger charge is -2.44. The number of aliphatic carboxylic acids is 1. The topological polar surface area (TPSA) is 203 Å². The summed E-state index contributed by atoms with van der Waals surface area (Å²) in [6.45, 7) is 3.31. The number of carboxylic acids is 1. The lowest BCUT2D eigenvalue weighted by atomic mass is 9.95. The van der Waals surface area contributed by atoms with Gasteiger partial charge in [-0.05, 0) is 37.1 Å². The van der Waals surface area contributed by atoms with Crippen molar-refractivity contribution in [2.75, 3.05) is 7.05 Å². The van der Waals surface area contributed by atoms with Gasteiger partial charge in [0.25, 0.3) is 0 Å². The van der Waals surface area contributed by atoms with E-state index in [9.17, 15) is 39.0 Å². The molecular weight excluding hydrogens is 594 g/mol. The highest BCUT2D eigenvalue weighted by Crippen LogP contribution is 2.50. The van der Waals surface area contributed by atoms with E-state index in [1.807, 2.05) is 0 Å². The van der Waals surface area contributed by atoms with Crippen LogP contribution in [0.2, 0.25) is 0 Å². The van der Waals surface area contributed by atoms with E-state index in [2.05, 4.69) is 21.3 Å². The lowest BCUT2D eigenvalue weighted by Crippen LogP contribution is -2.71. The SMILES string of the molecule is CNC(=O)CC(NC(=O)OCc1ccccc1)C(=O)NC(C(=O)N[C@@H]1C(=O)N2[C@@H]1SC(C)(C)[C@@H]2C(=O)O)c1ccc(O)cc1. The third-order valence-corrected chi connectivity index (χ3v) is 8.81. The number of phenolic OH excluding ortho intramolecular Hbond substituents is 1. The normalized spacial score (nSPS) is 21.1. The van der Waals surface area contributed by atoms with Crippen molar-refractivity contribution in [3.8, 4) is 5.75 Å². The van der Waals surface area contributed by atoms with Crippen molar-refractivity contribution in [3.63, 3.8) is 0 Å². The largest absolute Gasteiger partial charge is 0.508 e. The Morgan fingerprint density at radius 1 is 1.00 bits per heavy atom. The number of amides is 5. The number of aromatic hydroxyl groups is 1. The van der Waals surface area contributed by atoms with Crippen molar-refractivity contribution in [3.05, 3.63) is 65.7 Å². The average Bonchev–Trinajstić information content (AvgIpc) is 3.25. The van der Waals surface area contributed by atoms with E-state index >= 15 is 0 Å². The van der Waals surface area contributed by atoms with Gasteiger partial charge in [0.05, 0.1) is 6.42 Å². The van der Waals surface area contributed by atoms with Crippen molar-refractivity contribution in [2.45, 2.75) is 61.2 Å². The van der Waals surface area contributed by atoms with Crippen molar-refractivity contribution in [1.29, 1.82) is 0 Å². The second-order valence-electron chi connectivity index (χ2n) is 10.8. The number of hydrogen-bond donors (Lipinski definition) is 6. The van der Waals surface area contributed by atoms with Crippen LogP contribution in [0.25, 0.3) is 0 Å². The Morgan fingerprint density at radius 3 is 2.27 bits per heavy atom. The van der Waals surface area contributed by atoms with E-state index in [1.165, 1.54) is 48.0 Å². The Morgan fingerprint density at radius 2 is 1.66 bits per heavy atom. The quantitative estimate of drug-likeness (QED) is 0.192.